The van der Waals surface area contributed by atoms with Gasteiger partial charge in [-0.3, -0.25) is 4.57 Å². The first kappa shape index (κ1) is 18.7. The largest absolute Gasteiger partial charge is 0.322 e. The number of imidazole rings is 1. The van der Waals surface area contributed by atoms with E-state index in [1.807, 2.05) is 60.0 Å². The minimum absolute atomic E-state index is 0.166. The van der Waals surface area contributed by atoms with Gasteiger partial charge in [0.05, 0.1) is 22.8 Å². The number of fused-ring (bicyclic) bond motifs is 1. The Kier molecular flexibility index (Phi) is 4.99. The number of hydrogen-bond donors (Lipinski definition) is 1. The van der Waals surface area contributed by atoms with Crippen LogP contribution < -0.4 is 5.32 Å². The van der Waals surface area contributed by atoms with Crippen LogP contribution in [-0.4, -0.2) is 27.5 Å². The van der Waals surface area contributed by atoms with E-state index in [0.29, 0.717) is 0 Å². The molecule has 0 aliphatic rings. The number of aromatic nitrogens is 2. The molecular formula is C23H21FN4O. The Morgan fingerprint density at radius 1 is 1.03 bits per heavy atom. The maximum Gasteiger partial charge on any atom is 0.322 e. The summed E-state index contributed by atoms with van der Waals surface area (Å²) >= 11 is 0. The van der Waals surface area contributed by atoms with E-state index in [1.54, 1.807) is 30.4 Å². The molecule has 29 heavy (non-hydrogen) atoms. The number of nitrogens with one attached hydrogen (secondary N) is 1. The molecule has 5 nitrogen and oxygen atoms in total. The van der Waals surface area contributed by atoms with Crippen molar-refractivity contribution >= 4 is 22.8 Å². The molecule has 0 saturated heterocycles. The molecule has 0 fully saturated rings. The smallest absolute Gasteiger partial charge is 0.321 e. The maximum atomic E-state index is 13.8. The molecule has 4 rings (SSSR count). The summed E-state index contributed by atoms with van der Waals surface area (Å²) in [5.41, 5.74) is 4.11. The average molecular weight is 388 g/mol. The maximum absolute atomic E-state index is 13.8. The van der Waals surface area contributed by atoms with Gasteiger partial charge in [-0.2, -0.15) is 0 Å². The lowest BCUT2D eigenvalue weighted by molar-refractivity contribution is 0.208. The molecule has 1 unspecified atom stereocenters. The lowest BCUT2D eigenvalue weighted by atomic mass is 10.1. The summed E-state index contributed by atoms with van der Waals surface area (Å²) in [7, 11) is 1.69. The third kappa shape index (κ3) is 3.69. The van der Waals surface area contributed by atoms with E-state index in [2.05, 4.69) is 10.3 Å². The molecule has 6 heteroatoms. The second kappa shape index (κ2) is 7.75. The molecule has 0 bridgehead atoms. The van der Waals surface area contributed by atoms with Crippen molar-refractivity contribution in [2.24, 2.45) is 0 Å². The second-order valence-electron chi connectivity index (χ2n) is 6.89. The highest BCUT2D eigenvalue weighted by molar-refractivity contribution is 5.89. The Bertz CT molecular complexity index is 1150. The van der Waals surface area contributed by atoms with Crippen molar-refractivity contribution in [3.8, 4) is 5.69 Å². The number of nitrogens with zero attached hydrogens (tertiary/aromatic N) is 3. The number of para-hydroxylation sites is 3. The van der Waals surface area contributed by atoms with Gasteiger partial charge in [0.2, 0.25) is 0 Å². The highest BCUT2D eigenvalue weighted by Crippen LogP contribution is 2.24. The van der Waals surface area contributed by atoms with Crippen LogP contribution in [0.4, 0.5) is 14.9 Å². The van der Waals surface area contributed by atoms with Crippen molar-refractivity contribution in [3.63, 3.8) is 0 Å². The van der Waals surface area contributed by atoms with Gasteiger partial charge in [0.15, 0.2) is 0 Å². The fraction of sp³-hybridized carbons (Fsp3) is 0.130. The van der Waals surface area contributed by atoms with Gasteiger partial charge in [0, 0.05) is 12.7 Å². The molecule has 0 aliphatic heterocycles. The van der Waals surface area contributed by atoms with Gasteiger partial charge in [0.1, 0.15) is 12.1 Å². The molecule has 0 spiro atoms. The van der Waals surface area contributed by atoms with Crippen LogP contribution >= 0.6 is 0 Å². The summed E-state index contributed by atoms with van der Waals surface area (Å²) in [6, 6.07) is 21.5. The zero-order chi connectivity index (χ0) is 20.4. The van der Waals surface area contributed by atoms with E-state index in [1.165, 1.54) is 12.1 Å². The number of carbonyl (C=O) groups excluding carboxylic acids is 1. The minimum atomic E-state index is -0.459. The number of amides is 2. The summed E-state index contributed by atoms with van der Waals surface area (Å²) in [5.74, 6) is -0.459. The minimum Gasteiger partial charge on any atom is -0.321 e. The standard InChI is InChI=1S/C23H21FN4O/c1-16(27(2)23(29)26-20-8-4-3-7-19(20)24)17-11-13-18(14-12-17)28-15-25-21-9-5-6-10-22(21)28/h3-16H,1-2H3,(H,26,29). The Hall–Kier alpha value is -3.67. The average Bonchev–Trinajstić information content (AvgIpc) is 3.18. The molecule has 0 radical (unpaired) electrons. The Balaban J connectivity index is 1.51. The van der Waals surface area contributed by atoms with E-state index >= 15 is 0 Å². The highest BCUT2D eigenvalue weighted by atomic mass is 19.1. The van der Waals surface area contributed by atoms with E-state index in [-0.39, 0.29) is 17.8 Å². The summed E-state index contributed by atoms with van der Waals surface area (Å²) in [6.45, 7) is 1.93. The van der Waals surface area contributed by atoms with Crippen LogP contribution in [0.5, 0.6) is 0 Å². The SMILES string of the molecule is CC(c1ccc(-n2cnc3ccccc32)cc1)N(C)C(=O)Nc1ccccc1F. The molecule has 4 aromatic rings. The summed E-state index contributed by atoms with van der Waals surface area (Å²) in [5, 5.41) is 2.61. The van der Waals surface area contributed by atoms with Crippen molar-refractivity contribution < 1.29 is 9.18 Å². The fourth-order valence-electron chi connectivity index (χ4n) is 3.24. The van der Waals surface area contributed by atoms with Crippen LogP contribution in [-0.2, 0) is 0 Å². The molecule has 146 valence electrons. The van der Waals surface area contributed by atoms with Crippen molar-refractivity contribution in [3.05, 3.63) is 90.5 Å². The second-order valence-corrected chi connectivity index (χ2v) is 6.89. The predicted octanol–water partition coefficient (Wildman–Crippen LogP) is 5.39. The number of anilines is 1. The van der Waals surface area contributed by atoms with E-state index < -0.39 is 5.82 Å². The lowest BCUT2D eigenvalue weighted by Crippen LogP contribution is -2.33. The molecule has 1 N–H and O–H groups in total. The number of halogens is 1. The van der Waals surface area contributed by atoms with Gasteiger partial charge >= 0.3 is 6.03 Å². The Morgan fingerprint density at radius 3 is 2.48 bits per heavy atom. The van der Waals surface area contributed by atoms with E-state index in [9.17, 15) is 9.18 Å². The third-order valence-corrected chi connectivity index (χ3v) is 5.12. The van der Waals surface area contributed by atoms with Gasteiger partial charge in [-0.05, 0) is 48.9 Å². The van der Waals surface area contributed by atoms with Crippen molar-refractivity contribution in [1.82, 2.24) is 14.5 Å². The van der Waals surface area contributed by atoms with E-state index in [0.717, 1.165) is 22.3 Å². The van der Waals surface area contributed by atoms with Crippen LogP contribution in [0.15, 0.2) is 79.1 Å². The Morgan fingerprint density at radius 2 is 1.72 bits per heavy atom. The molecule has 0 aliphatic carbocycles. The van der Waals surface area contributed by atoms with Gasteiger partial charge < -0.3 is 10.2 Å². The molecular weight excluding hydrogens is 367 g/mol. The summed E-state index contributed by atoms with van der Waals surface area (Å²) < 4.78 is 15.8. The monoisotopic (exact) mass is 388 g/mol. The Labute approximate surface area is 168 Å². The third-order valence-electron chi connectivity index (χ3n) is 5.12. The molecule has 1 aromatic heterocycles. The topological polar surface area (TPSA) is 50.2 Å². The first-order valence-corrected chi connectivity index (χ1v) is 9.35. The first-order valence-electron chi connectivity index (χ1n) is 9.35. The van der Waals surface area contributed by atoms with Crippen molar-refractivity contribution in [1.29, 1.82) is 0 Å². The molecule has 0 saturated carbocycles. The summed E-state index contributed by atoms with van der Waals surface area (Å²) in [6.07, 6.45) is 1.80. The van der Waals surface area contributed by atoms with Gasteiger partial charge in [-0.25, -0.2) is 14.2 Å². The predicted molar refractivity (Wildman–Crippen MR) is 113 cm³/mol. The molecule has 1 atom stereocenters. The van der Waals surface area contributed by atoms with Crippen LogP contribution in [0.2, 0.25) is 0 Å². The lowest BCUT2D eigenvalue weighted by Gasteiger charge is -2.26. The number of urea groups is 1. The number of hydrogen-bond acceptors (Lipinski definition) is 2. The molecule has 1 heterocycles. The van der Waals surface area contributed by atoms with Crippen molar-refractivity contribution in [2.45, 2.75) is 13.0 Å². The number of benzene rings is 3. The van der Waals surface area contributed by atoms with Crippen LogP contribution in [0, 0.1) is 5.82 Å². The number of carbonyl (C=O) groups is 1. The van der Waals surface area contributed by atoms with Gasteiger partial charge in [0.25, 0.3) is 0 Å². The van der Waals surface area contributed by atoms with Crippen LogP contribution in [0.3, 0.4) is 0 Å². The van der Waals surface area contributed by atoms with Gasteiger partial charge in [-0.15, -0.1) is 0 Å². The zero-order valence-corrected chi connectivity index (χ0v) is 16.2. The molecule has 2 amide bonds. The number of rotatable bonds is 4. The molecule has 3 aromatic carbocycles. The van der Waals surface area contributed by atoms with Crippen LogP contribution in [0.25, 0.3) is 16.7 Å². The quantitative estimate of drug-likeness (QED) is 0.510. The van der Waals surface area contributed by atoms with Crippen LogP contribution in [0.1, 0.15) is 18.5 Å². The fourth-order valence-corrected chi connectivity index (χ4v) is 3.24. The van der Waals surface area contributed by atoms with Gasteiger partial charge in [-0.1, -0.05) is 36.4 Å². The normalized spacial score (nSPS) is 12.0. The van der Waals surface area contributed by atoms with E-state index in [4.69, 9.17) is 0 Å². The highest BCUT2D eigenvalue weighted by Gasteiger charge is 2.18. The first-order chi connectivity index (χ1) is 14.0. The summed E-state index contributed by atoms with van der Waals surface area (Å²) in [4.78, 5) is 18.5. The van der Waals surface area contributed by atoms with Crippen molar-refractivity contribution in [2.75, 3.05) is 12.4 Å². The zero-order valence-electron chi connectivity index (χ0n) is 16.2.